The smallest absolute Gasteiger partial charge is 0.227 e. The van der Waals surface area contributed by atoms with Crippen molar-refractivity contribution in [3.8, 4) is 0 Å². The van der Waals surface area contributed by atoms with Crippen molar-refractivity contribution in [3.05, 3.63) is 70.0 Å². The lowest BCUT2D eigenvalue weighted by atomic mass is 9.94. The Morgan fingerprint density at radius 3 is 3.04 bits per heavy atom. The summed E-state index contributed by atoms with van der Waals surface area (Å²) >= 11 is 3.52. The molecule has 0 radical (unpaired) electrons. The van der Waals surface area contributed by atoms with Gasteiger partial charge in [0, 0.05) is 28.8 Å². The van der Waals surface area contributed by atoms with Crippen LogP contribution in [-0.2, 0) is 24.2 Å². The van der Waals surface area contributed by atoms with Crippen molar-refractivity contribution in [2.24, 2.45) is 0 Å². The number of pyridine rings is 1. The number of carbonyl (C=O) groups excluding carboxylic acids is 1. The van der Waals surface area contributed by atoms with Crippen molar-refractivity contribution >= 4 is 27.4 Å². The molecule has 1 atom stereocenters. The van der Waals surface area contributed by atoms with Crippen LogP contribution in [-0.4, -0.2) is 26.5 Å². The normalized spacial score (nSPS) is 17.1. The standard InChI is InChI=1S/C19H18BrN3O/c1-13-8-14-5-6-17(20)9-16(14)12-22(13)19(24)10-15-11-21-23-7-3-2-4-18(15)23/h2-7,9,11,13H,8,10,12H2,1H3. The Bertz CT molecular complexity index is 918. The van der Waals surface area contributed by atoms with Crippen molar-refractivity contribution < 1.29 is 4.79 Å². The molecule has 1 aromatic carbocycles. The van der Waals surface area contributed by atoms with Crippen molar-refractivity contribution in [2.75, 3.05) is 0 Å². The molecule has 3 heterocycles. The lowest BCUT2D eigenvalue weighted by molar-refractivity contribution is -0.133. The van der Waals surface area contributed by atoms with Gasteiger partial charge < -0.3 is 4.90 Å². The van der Waals surface area contributed by atoms with Gasteiger partial charge in [-0.1, -0.05) is 28.1 Å². The maximum atomic E-state index is 12.9. The van der Waals surface area contributed by atoms with Crippen LogP contribution in [0.15, 0.2) is 53.3 Å². The van der Waals surface area contributed by atoms with Gasteiger partial charge in [0.15, 0.2) is 0 Å². The highest BCUT2D eigenvalue weighted by Crippen LogP contribution is 2.27. The second kappa shape index (κ2) is 6.06. The molecule has 24 heavy (non-hydrogen) atoms. The first-order chi connectivity index (χ1) is 11.6. The summed E-state index contributed by atoms with van der Waals surface area (Å²) in [7, 11) is 0. The molecule has 0 spiro atoms. The first kappa shape index (κ1) is 15.4. The van der Waals surface area contributed by atoms with Gasteiger partial charge in [0.2, 0.25) is 5.91 Å². The zero-order valence-electron chi connectivity index (χ0n) is 13.4. The Morgan fingerprint density at radius 1 is 1.29 bits per heavy atom. The van der Waals surface area contributed by atoms with E-state index in [-0.39, 0.29) is 11.9 Å². The third-order valence-corrected chi connectivity index (χ3v) is 5.22. The molecule has 4 nitrogen and oxygen atoms in total. The molecule has 122 valence electrons. The Labute approximate surface area is 149 Å². The molecule has 1 amide bonds. The minimum Gasteiger partial charge on any atom is -0.335 e. The fourth-order valence-corrected chi connectivity index (χ4v) is 3.84. The highest BCUT2D eigenvalue weighted by Gasteiger charge is 2.27. The molecule has 0 saturated carbocycles. The molecular formula is C19H18BrN3O. The highest BCUT2D eigenvalue weighted by molar-refractivity contribution is 9.10. The topological polar surface area (TPSA) is 37.6 Å². The fourth-order valence-electron chi connectivity index (χ4n) is 3.43. The van der Waals surface area contributed by atoms with Gasteiger partial charge in [-0.25, -0.2) is 4.52 Å². The van der Waals surface area contributed by atoms with E-state index in [0.717, 1.165) is 22.0 Å². The molecule has 0 aliphatic carbocycles. The van der Waals surface area contributed by atoms with E-state index in [9.17, 15) is 4.79 Å². The van der Waals surface area contributed by atoms with E-state index in [2.05, 4.69) is 46.2 Å². The van der Waals surface area contributed by atoms with Gasteiger partial charge in [-0.3, -0.25) is 4.79 Å². The van der Waals surface area contributed by atoms with E-state index in [1.807, 2.05) is 33.8 Å². The number of fused-ring (bicyclic) bond motifs is 2. The van der Waals surface area contributed by atoms with E-state index in [1.54, 1.807) is 6.20 Å². The number of hydrogen-bond acceptors (Lipinski definition) is 2. The number of aromatic nitrogens is 2. The van der Waals surface area contributed by atoms with E-state index >= 15 is 0 Å². The molecule has 1 unspecified atom stereocenters. The zero-order chi connectivity index (χ0) is 16.7. The average Bonchev–Trinajstić information content (AvgIpc) is 2.98. The SMILES string of the molecule is CC1Cc2ccc(Br)cc2CN1C(=O)Cc1cnn2ccccc12. The molecule has 0 bridgehead atoms. The Kier molecular flexibility index (Phi) is 3.88. The molecule has 1 aliphatic heterocycles. The summed E-state index contributed by atoms with van der Waals surface area (Å²) < 4.78 is 2.88. The van der Waals surface area contributed by atoms with Crippen LogP contribution in [0.2, 0.25) is 0 Å². The largest absolute Gasteiger partial charge is 0.335 e. The van der Waals surface area contributed by atoms with E-state index in [4.69, 9.17) is 0 Å². The van der Waals surface area contributed by atoms with Gasteiger partial charge >= 0.3 is 0 Å². The number of amides is 1. The Hall–Kier alpha value is -2.14. The lowest BCUT2D eigenvalue weighted by Crippen LogP contribution is -2.43. The second-order valence-electron chi connectivity index (χ2n) is 6.36. The van der Waals surface area contributed by atoms with Crippen molar-refractivity contribution in [3.63, 3.8) is 0 Å². The van der Waals surface area contributed by atoms with Crippen LogP contribution in [0.4, 0.5) is 0 Å². The second-order valence-corrected chi connectivity index (χ2v) is 7.28. The first-order valence-corrected chi connectivity index (χ1v) is 8.89. The van der Waals surface area contributed by atoms with Crippen molar-refractivity contribution in [1.82, 2.24) is 14.5 Å². The maximum absolute atomic E-state index is 12.9. The summed E-state index contributed by atoms with van der Waals surface area (Å²) in [5.74, 6) is 0.159. The summed E-state index contributed by atoms with van der Waals surface area (Å²) in [5, 5.41) is 4.32. The van der Waals surface area contributed by atoms with Gasteiger partial charge in [-0.05, 0) is 48.7 Å². The van der Waals surface area contributed by atoms with Crippen LogP contribution in [0.5, 0.6) is 0 Å². The first-order valence-electron chi connectivity index (χ1n) is 8.10. The number of hydrogen-bond donors (Lipinski definition) is 0. The van der Waals surface area contributed by atoms with Crippen molar-refractivity contribution in [1.29, 1.82) is 0 Å². The predicted octanol–water partition coefficient (Wildman–Crippen LogP) is 3.61. The third kappa shape index (κ3) is 2.73. The fraction of sp³-hybridized carbons (Fsp3) is 0.263. The molecule has 0 fully saturated rings. The molecular weight excluding hydrogens is 366 g/mol. The van der Waals surface area contributed by atoms with Gasteiger partial charge in [0.1, 0.15) is 0 Å². The molecule has 4 rings (SSSR count). The predicted molar refractivity (Wildman–Crippen MR) is 96.8 cm³/mol. The molecule has 0 saturated heterocycles. The molecule has 3 aromatic rings. The van der Waals surface area contributed by atoms with Crippen LogP contribution in [0.25, 0.3) is 5.52 Å². The molecule has 5 heteroatoms. The molecule has 2 aromatic heterocycles. The lowest BCUT2D eigenvalue weighted by Gasteiger charge is -2.35. The van der Waals surface area contributed by atoms with Crippen LogP contribution >= 0.6 is 15.9 Å². The third-order valence-electron chi connectivity index (χ3n) is 4.72. The maximum Gasteiger partial charge on any atom is 0.227 e. The number of carbonyl (C=O) groups is 1. The van der Waals surface area contributed by atoms with E-state index in [0.29, 0.717) is 13.0 Å². The van der Waals surface area contributed by atoms with Crippen LogP contribution in [0.1, 0.15) is 23.6 Å². The van der Waals surface area contributed by atoms with E-state index < -0.39 is 0 Å². The minimum atomic E-state index is 0.159. The number of nitrogens with zero attached hydrogens (tertiary/aromatic N) is 3. The van der Waals surface area contributed by atoms with Crippen molar-refractivity contribution in [2.45, 2.75) is 32.4 Å². The average molecular weight is 384 g/mol. The summed E-state index contributed by atoms with van der Waals surface area (Å²) in [6.07, 6.45) is 5.00. The van der Waals surface area contributed by atoms with Gasteiger partial charge in [0.05, 0.1) is 18.1 Å². The number of halogens is 1. The van der Waals surface area contributed by atoms with Gasteiger partial charge in [-0.15, -0.1) is 0 Å². The Morgan fingerprint density at radius 2 is 2.17 bits per heavy atom. The number of rotatable bonds is 2. The number of benzene rings is 1. The minimum absolute atomic E-state index is 0.159. The van der Waals surface area contributed by atoms with E-state index in [1.165, 1.54) is 11.1 Å². The van der Waals surface area contributed by atoms with Crippen LogP contribution in [0.3, 0.4) is 0 Å². The Balaban J connectivity index is 1.58. The van der Waals surface area contributed by atoms with Gasteiger partial charge in [0.25, 0.3) is 0 Å². The summed E-state index contributed by atoms with van der Waals surface area (Å²) in [5.41, 5.74) is 4.55. The van der Waals surface area contributed by atoms with Crippen LogP contribution < -0.4 is 0 Å². The highest BCUT2D eigenvalue weighted by atomic mass is 79.9. The zero-order valence-corrected chi connectivity index (χ0v) is 15.0. The van der Waals surface area contributed by atoms with Crippen LogP contribution in [0, 0.1) is 0 Å². The molecule has 0 N–H and O–H groups in total. The summed E-state index contributed by atoms with van der Waals surface area (Å²) in [6.45, 7) is 2.80. The summed E-state index contributed by atoms with van der Waals surface area (Å²) in [4.78, 5) is 14.9. The molecule has 1 aliphatic rings. The van der Waals surface area contributed by atoms with Gasteiger partial charge in [-0.2, -0.15) is 5.10 Å². The monoisotopic (exact) mass is 383 g/mol. The summed E-state index contributed by atoms with van der Waals surface area (Å²) in [6, 6.07) is 12.5. The quantitative estimate of drug-likeness (QED) is 0.677.